The molecule has 0 bridgehead atoms. The molecule has 0 saturated carbocycles. The summed E-state index contributed by atoms with van der Waals surface area (Å²) in [5.41, 5.74) is 4.42. The van der Waals surface area contributed by atoms with E-state index in [1.165, 1.54) is 17.3 Å². The zero-order valence-electron chi connectivity index (χ0n) is 17.6. The van der Waals surface area contributed by atoms with Crippen LogP contribution in [0.15, 0.2) is 82.7 Å². The molecule has 5 heteroatoms. The van der Waals surface area contributed by atoms with Gasteiger partial charge in [-0.3, -0.25) is 9.36 Å². The zero-order valence-corrected chi connectivity index (χ0v) is 18.4. The fourth-order valence-corrected chi connectivity index (χ4v) is 4.42. The van der Waals surface area contributed by atoms with Crippen LogP contribution in [0.4, 0.5) is 0 Å². The maximum atomic E-state index is 13.4. The lowest BCUT2D eigenvalue weighted by Gasteiger charge is -2.15. The summed E-state index contributed by atoms with van der Waals surface area (Å²) in [4.78, 5) is 18.2. The number of benzene rings is 3. The number of nitriles is 1. The van der Waals surface area contributed by atoms with Gasteiger partial charge in [0.2, 0.25) is 0 Å². The van der Waals surface area contributed by atoms with Gasteiger partial charge in [0.05, 0.1) is 28.2 Å². The van der Waals surface area contributed by atoms with Crippen LogP contribution in [0.25, 0.3) is 16.6 Å². The first kappa shape index (κ1) is 20.9. The molecule has 0 spiro atoms. The SMILES string of the molecule is CCC(C)c1ccc(-n2c(SCc3ccc(C#N)cc3)nc3ccccc3c2=O)cc1. The minimum atomic E-state index is -0.0655. The summed E-state index contributed by atoms with van der Waals surface area (Å²) in [7, 11) is 0. The number of fused-ring (bicyclic) bond motifs is 1. The molecule has 31 heavy (non-hydrogen) atoms. The normalized spacial score (nSPS) is 11.9. The molecule has 0 amide bonds. The Hall–Kier alpha value is -3.36. The standard InChI is InChI=1S/C26H23N3OS/c1-3-18(2)21-12-14-22(15-13-21)29-25(30)23-6-4-5-7-24(23)28-26(29)31-17-20-10-8-19(16-27)9-11-20/h4-15,18H,3,17H2,1-2H3. The predicted octanol–water partition coefficient (Wildman–Crippen LogP) is 6.06. The Morgan fingerprint density at radius 3 is 2.42 bits per heavy atom. The second-order valence-corrected chi connectivity index (χ2v) is 8.49. The number of hydrogen-bond acceptors (Lipinski definition) is 4. The van der Waals surface area contributed by atoms with Crippen molar-refractivity contribution in [3.05, 3.63) is 99.8 Å². The first-order chi connectivity index (χ1) is 15.1. The van der Waals surface area contributed by atoms with Crippen LogP contribution in [0, 0.1) is 11.3 Å². The fraction of sp³-hybridized carbons (Fsp3) is 0.192. The molecule has 1 unspecified atom stereocenters. The van der Waals surface area contributed by atoms with Crippen LogP contribution in [0.3, 0.4) is 0 Å². The Bertz CT molecular complexity index is 1300. The summed E-state index contributed by atoms with van der Waals surface area (Å²) in [6.45, 7) is 4.38. The summed E-state index contributed by atoms with van der Waals surface area (Å²) < 4.78 is 1.71. The van der Waals surface area contributed by atoms with Gasteiger partial charge in [0, 0.05) is 5.75 Å². The number of nitrogens with zero attached hydrogens (tertiary/aromatic N) is 3. The van der Waals surface area contributed by atoms with Gasteiger partial charge in [-0.15, -0.1) is 0 Å². The molecule has 0 aliphatic rings. The fourth-order valence-electron chi connectivity index (χ4n) is 3.45. The molecule has 0 radical (unpaired) electrons. The summed E-state index contributed by atoms with van der Waals surface area (Å²) in [6, 6.07) is 25.3. The number of para-hydroxylation sites is 1. The molecule has 0 N–H and O–H groups in total. The highest BCUT2D eigenvalue weighted by Crippen LogP contribution is 2.26. The highest BCUT2D eigenvalue weighted by Gasteiger charge is 2.14. The van der Waals surface area contributed by atoms with E-state index in [1.54, 1.807) is 4.57 Å². The molecule has 4 aromatic rings. The molecule has 4 nitrogen and oxygen atoms in total. The second-order valence-electron chi connectivity index (χ2n) is 7.55. The van der Waals surface area contributed by atoms with E-state index in [1.807, 2.05) is 60.7 Å². The third-order valence-corrected chi connectivity index (χ3v) is 6.54. The van der Waals surface area contributed by atoms with Gasteiger partial charge in [-0.1, -0.05) is 62.0 Å². The van der Waals surface area contributed by atoms with Crippen molar-refractivity contribution in [3.8, 4) is 11.8 Å². The van der Waals surface area contributed by atoms with E-state index in [9.17, 15) is 4.79 Å². The lowest BCUT2D eigenvalue weighted by molar-refractivity contribution is 0.732. The summed E-state index contributed by atoms with van der Waals surface area (Å²) in [6.07, 6.45) is 1.07. The molecule has 1 aromatic heterocycles. The Morgan fingerprint density at radius 2 is 1.74 bits per heavy atom. The smallest absolute Gasteiger partial charge is 0.266 e. The molecular formula is C26H23N3OS. The third-order valence-electron chi connectivity index (χ3n) is 5.53. The quantitative estimate of drug-likeness (QED) is 0.278. The van der Waals surface area contributed by atoms with E-state index < -0.39 is 0 Å². The topological polar surface area (TPSA) is 58.7 Å². The zero-order chi connectivity index (χ0) is 21.8. The molecule has 0 aliphatic carbocycles. The number of aromatic nitrogens is 2. The largest absolute Gasteiger partial charge is 0.268 e. The van der Waals surface area contributed by atoms with Gasteiger partial charge < -0.3 is 0 Å². The van der Waals surface area contributed by atoms with Crippen LogP contribution >= 0.6 is 11.8 Å². The Labute approximate surface area is 186 Å². The van der Waals surface area contributed by atoms with Crippen LogP contribution in [0.5, 0.6) is 0 Å². The predicted molar refractivity (Wildman–Crippen MR) is 127 cm³/mol. The summed E-state index contributed by atoms with van der Waals surface area (Å²) >= 11 is 1.52. The molecule has 1 heterocycles. The van der Waals surface area contributed by atoms with Crippen molar-refractivity contribution in [2.45, 2.75) is 37.1 Å². The second kappa shape index (κ2) is 9.20. The van der Waals surface area contributed by atoms with Crippen molar-refractivity contribution in [1.29, 1.82) is 5.26 Å². The molecule has 0 saturated heterocycles. The Kier molecular flexibility index (Phi) is 6.20. The van der Waals surface area contributed by atoms with Gasteiger partial charge in [0.15, 0.2) is 5.16 Å². The third kappa shape index (κ3) is 4.40. The van der Waals surface area contributed by atoms with Crippen LogP contribution < -0.4 is 5.56 Å². The van der Waals surface area contributed by atoms with E-state index in [2.05, 4.69) is 32.0 Å². The minimum absolute atomic E-state index is 0.0655. The van der Waals surface area contributed by atoms with Gasteiger partial charge in [-0.05, 0) is 59.9 Å². The molecule has 154 valence electrons. The van der Waals surface area contributed by atoms with Crippen molar-refractivity contribution < 1.29 is 0 Å². The van der Waals surface area contributed by atoms with Crippen LogP contribution in [0.2, 0.25) is 0 Å². The van der Waals surface area contributed by atoms with Gasteiger partial charge in [0.25, 0.3) is 5.56 Å². The average molecular weight is 426 g/mol. The molecule has 1 atom stereocenters. The van der Waals surface area contributed by atoms with Crippen LogP contribution in [-0.2, 0) is 5.75 Å². The van der Waals surface area contributed by atoms with E-state index in [0.29, 0.717) is 33.3 Å². The lowest BCUT2D eigenvalue weighted by atomic mass is 9.98. The number of hydrogen-bond donors (Lipinski definition) is 0. The van der Waals surface area contributed by atoms with E-state index in [-0.39, 0.29) is 5.56 Å². The summed E-state index contributed by atoms with van der Waals surface area (Å²) in [5, 5.41) is 10.3. The maximum Gasteiger partial charge on any atom is 0.266 e. The first-order valence-electron chi connectivity index (χ1n) is 10.3. The van der Waals surface area contributed by atoms with Gasteiger partial charge in [0.1, 0.15) is 0 Å². The molecular weight excluding hydrogens is 402 g/mol. The minimum Gasteiger partial charge on any atom is -0.268 e. The Morgan fingerprint density at radius 1 is 1.03 bits per heavy atom. The number of thioether (sulfide) groups is 1. The van der Waals surface area contributed by atoms with E-state index >= 15 is 0 Å². The Balaban J connectivity index is 1.76. The lowest BCUT2D eigenvalue weighted by Crippen LogP contribution is -2.21. The van der Waals surface area contributed by atoms with E-state index in [0.717, 1.165) is 17.7 Å². The van der Waals surface area contributed by atoms with Crippen LogP contribution in [-0.4, -0.2) is 9.55 Å². The van der Waals surface area contributed by atoms with Crippen molar-refractivity contribution in [2.24, 2.45) is 0 Å². The average Bonchev–Trinajstić information content (AvgIpc) is 2.83. The van der Waals surface area contributed by atoms with Gasteiger partial charge >= 0.3 is 0 Å². The van der Waals surface area contributed by atoms with E-state index in [4.69, 9.17) is 10.2 Å². The molecule has 3 aromatic carbocycles. The van der Waals surface area contributed by atoms with Crippen molar-refractivity contribution in [3.63, 3.8) is 0 Å². The van der Waals surface area contributed by atoms with Crippen LogP contribution in [0.1, 0.15) is 42.9 Å². The highest BCUT2D eigenvalue weighted by atomic mass is 32.2. The first-order valence-corrected chi connectivity index (χ1v) is 11.3. The maximum absolute atomic E-state index is 13.4. The van der Waals surface area contributed by atoms with Gasteiger partial charge in [-0.25, -0.2) is 4.98 Å². The highest BCUT2D eigenvalue weighted by molar-refractivity contribution is 7.98. The molecule has 4 rings (SSSR count). The monoisotopic (exact) mass is 425 g/mol. The van der Waals surface area contributed by atoms with Gasteiger partial charge in [-0.2, -0.15) is 5.26 Å². The molecule has 0 fully saturated rings. The summed E-state index contributed by atoms with van der Waals surface area (Å²) in [5.74, 6) is 1.13. The number of rotatable bonds is 6. The van der Waals surface area contributed by atoms with Crippen molar-refractivity contribution in [1.82, 2.24) is 9.55 Å². The van der Waals surface area contributed by atoms with Crippen molar-refractivity contribution >= 4 is 22.7 Å². The van der Waals surface area contributed by atoms with Crippen molar-refractivity contribution in [2.75, 3.05) is 0 Å². The molecule has 0 aliphatic heterocycles.